The van der Waals surface area contributed by atoms with Crippen molar-refractivity contribution in [2.45, 2.75) is 32.1 Å². The summed E-state index contributed by atoms with van der Waals surface area (Å²) in [5.41, 5.74) is 2.76. The van der Waals surface area contributed by atoms with Crippen molar-refractivity contribution in [3.63, 3.8) is 0 Å². The predicted octanol–water partition coefficient (Wildman–Crippen LogP) is 4.34. The molecule has 1 N–H and O–H groups in total. The van der Waals surface area contributed by atoms with Crippen molar-refractivity contribution in [3.8, 4) is 0 Å². The van der Waals surface area contributed by atoms with E-state index in [9.17, 15) is 9.59 Å². The Balaban J connectivity index is 1.39. The zero-order valence-electron chi connectivity index (χ0n) is 15.9. The van der Waals surface area contributed by atoms with E-state index in [1.54, 1.807) is 11.3 Å². The number of anilines is 1. The lowest BCUT2D eigenvalue weighted by atomic mass is 9.98. The van der Waals surface area contributed by atoms with Crippen molar-refractivity contribution in [3.05, 3.63) is 59.1 Å². The van der Waals surface area contributed by atoms with Crippen molar-refractivity contribution >= 4 is 39.1 Å². The molecule has 1 saturated heterocycles. The number of nitrogens with zero attached hydrogens (tertiary/aromatic N) is 2. The molecule has 3 aromatic rings. The smallest absolute Gasteiger partial charge is 0.233 e. The first-order valence-corrected chi connectivity index (χ1v) is 10.4. The van der Waals surface area contributed by atoms with Gasteiger partial charge >= 0.3 is 0 Å². The van der Waals surface area contributed by atoms with Gasteiger partial charge in [-0.15, -0.1) is 11.3 Å². The molecule has 1 atom stereocenters. The van der Waals surface area contributed by atoms with E-state index in [-0.39, 0.29) is 24.2 Å². The number of piperidine rings is 1. The summed E-state index contributed by atoms with van der Waals surface area (Å²) in [4.78, 5) is 31.6. The van der Waals surface area contributed by atoms with Crippen molar-refractivity contribution in [2.24, 2.45) is 0 Å². The van der Waals surface area contributed by atoms with Crippen LogP contribution in [0.4, 0.5) is 5.69 Å². The third-order valence-corrected chi connectivity index (χ3v) is 6.36. The second-order valence-corrected chi connectivity index (χ2v) is 8.30. The molecule has 5 nitrogen and oxygen atoms in total. The topological polar surface area (TPSA) is 62.3 Å². The van der Waals surface area contributed by atoms with E-state index >= 15 is 0 Å². The standard InChI is InChI=1S/C22H23N3O2S/c1-15-7-2-3-9-17(15)23-20(26)13-21(27)25-12-6-8-16(14-25)22-24-18-10-4-5-11-19(18)28-22/h2-5,7,9-11,16H,6,8,12-14H2,1H3,(H,23,26)/t16-/m1/s1. The van der Waals surface area contributed by atoms with Crippen LogP contribution in [0, 0.1) is 6.92 Å². The molecule has 1 aliphatic heterocycles. The number of carbonyl (C=O) groups excluding carboxylic acids is 2. The molecular formula is C22H23N3O2S. The number of fused-ring (bicyclic) bond motifs is 1. The zero-order chi connectivity index (χ0) is 19.5. The van der Waals surface area contributed by atoms with Crippen LogP contribution in [0.3, 0.4) is 0 Å². The van der Waals surface area contributed by atoms with E-state index in [2.05, 4.69) is 11.4 Å². The number of likely N-dealkylation sites (tertiary alicyclic amines) is 1. The molecule has 0 radical (unpaired) electrons. The first-order valence-electron chi connectivity index (χ1n) is 9.59. The van der Waals surface area contributed by atoms with Gasteiger partial charge in [-0.25, -0.2) is 4.98 Å². The molecule has 2 heterocycles. The molecule has 4 rings (SSSR count). The highest BCUT2D eigenvalue weighted by Crippen LogP contribution is 2.33. The molecular weight excluding hydrogens is 370 g/mol. The SMILES string of the molecule is Cc1ccccc1NC(=O)CC(=O)N1CCC[C@@H](c2nc3ccccc3s2)C1. The fourth-order valence-electron chi connectivity index (χ4n) is 3.63. The van der Waals surface area contributed by atoms with Crippen molar-refractivity contribution in [1.82, 2.24) is 9.88 Å². The Kier molecular flexibility index (Phi) is 5.39. The fourth-order valence-corrected chi connectivity index (χ4v) is 4.72. The number of amides is 2. The molecule has 6 heteroatoms. The van der Waals surface area contributed by atoms with Crippen LogP contribution in [-0.4, -0.2) is 34.8 Å². The molecule has 0 bridgehead atoms. The maximum Gasteiger partial charge on any atom is 0.233 e. The third-order valence-electron chi connectivity index (χ3n) is 5.16. The van der Waals surface area contributed by atoms with E-state index in [0.717, 1.165) is 34.6 Å². The van der Waals surface area contributed by atoms with E-state index < -0.39 is 0 Å². The molecule has 0 saturated carbocycles. The number of hydrogen-bond donors (Lipinski definition) is 1. The average molecular weight is 394 g/mol. The van der Waals surface area contributed by atoms with Crippen LogP contribution >= 0.6 is 11.3 Å². The maximum absolute atomic E-state index is 12.7. The molecule has 28 heavy (non-hydrogen) atoms. The number of aromatic nitrogens is 1. The van der Waals surface area contributed by atoms with Gasteiger partial charge < -0.3 is 10.2 Å². The second kappa shape index (κ2) is 8.10. The van der Waals surface area contributed by atoms with Crippen molar-refractivity contribution in [1.29, 1.82) is 0 Å². The Morgan fingerprint density at radius 2 is 1.96 bits per heavy atom. The van der Waals surface area contributed by atoms with Crippen LogP contribution in [0.5, 0.6) is 0 Å². The minimum Gasteiger partial charge on any atom is -0.342 e. The summed E-state index contributed by atoms with van der Waals surface area (Å²) in [5.74, 6) is -0.132. The van der Waals surface area contributed by atoms with Gasteiger partial charge in [0, 0.05) is 24.7 Å². The number of nitrogens with one attached hydrogen (secondary N) is 1. The summed E-state index contributed by atoms with van der Waals surface area (Å²) in [6, 6.07) is 15.7. The van der Waals surface area contributed by atoms with Crippen LogP contribution in [-0.2, 0) is 9.59 Å². The van der Waals surface area contributed by atoms with Gasteiger partial charge in [-0.05, 0) is 43.5 Å². The first-order chi connectivity index (χ1) is 13.6. The fraction of sp³-hybridized carbons (Fsp3) is 0.318. The number of thiazole rings is 1. The summed E-state index contributed by atoms with van der Waals surface area (Å²) in [7, 11) is 0. The van der Waals surface area contributed by atoms with Crippen molar-refractivity contribution < 1.29 is 9.59 Å². The molecule has 2 aromatic carbocycles. The Bertz CT molecular complexity index is 981. The van der Waals surface area contributed by atoms with Crippen LogP contribution in [0.15, 0.2) is 48.5 Å². The average Bonchev–Trinajstić information content (AvgIpc) is 3.14. The number of rotatable bonds is 4. The number of carbonyl (C=O) groups is 2. The molecule has 144 valence electrons. The summed E-state index contributed by atoms with van der Waals surface area (Å²) < 4.78 is 1.18. The van der Waals surface area contributed by atoms with Gasteiger partial charge in [0.2, 0.25) is 11.8 Å². The number of hydrogen-bond acceptors (Lipinski definition) is 4. The van der Waals surface area contributed by atoms with E-state index in [4.69, 9.17) is 4.98 Å². The summed E-state index contributed by atoms with van der Waals surface area (Å²) >= 11 is 1.71. The van der Waals surface area contributed by atoms with Crippen molar-refractivity contribution in [2.75, 3.05) is 18.4 Å². The third kappa shape index (κ3) is 4.07. The lowest BCUT2D eigenvalue weighted by molar-refractivity contribution is -0.135. The quantitative estimate of drug-likeness (QED) is 0.671. The van der Waals surface area contributed by atoms with Crippen LogP contribution in [0.2, 0.25) is 0 Å². The number of benzene rings is 2. The van der Waals surface area contributed by atoms with Gasteiger partial charge in [0.25, 0.3) is 0 Å². The number of para-hydroxylation sites is 2. The van der Waals surface area contributed by atoms with Gasteiger partial charge in [0.15, 0.2) is 0 Å². The molecule has 1 aliphatic rings. The summed E-state index contributed by atoms with van der Waals surface area (Å²) in [6.45, 7) is 3.28. The minimum absolute atomic E-state index is 0.114. The molecule has 0 unspecified atom stereocenters. The Labute approximate surface area is 168 Å². The number of aryl methyl sites for hydroxylation is 1. The van der Waals surface area contributed by atoms with E-state index in [0.29, 0.717) is 13.1 Å². The predicted molar refractivity (Wildman–Crippen MR) is 113 cm³/mol. The van der Waals surface area contributed by atoms with Gasteiger partial charge in [0.05, 0.1) is 15.2 Å². The molecule has 1 fully saturated rings. The van der Waals surface area contributed by atoms with Gasteiger partial charge in [-0.3, -0.25) is 9.59 Å². The van der Waals surface area contributed by atoms with Gasteiger partial charge in [-0.2, -0.15) is 0 Å². The lowest BCUT2D eigenvalue weighted by Gasteiger charge is -2.31. The van der Waals surface area contributed by atoms with E-state index in [1.807, 2.05) is 54.3 Å². The first kappa shape index (κ1) is 18.6. The monoisotopic (exact) mass is 393 g/mol. The zero-order valence-corrected chi connectivity index (χ0v) is 16.7. The maximum atomic E-state index is 12.7. The van der Waals surface area contributed by atoms with Gasteiger partial charge in [0.1, 0.15) is 6.42 Å². The minimum atomic E-state index is -0.263. The second-order valence-electron chi connectivity index (χ2n) is 7.24. The summed E-state index contributed by atoms with van der Waals surface area (Å²) in [5, 5.41) is 3.93. The molecule has 1 aromatic heterocycles. The van der Waals surface area contributed by atoms with Crippen LogP contribution < -0.4 is 5.32 Å². The summed E-state index contributed by atoms with van der Waals surface area (Å²) in [6.07, 6.45) is 1.84. The largest absolute Gasteiger partial charge is 0.342 e. The van der Waals surface area contributed by atoms with Gasteiger partial charge in [-0.1, -0.05) is 30.3 Å². The van der Waals surface area contributed by atoms with Crippen LogP contribution in [0.1, 0.15) is 35.8 Å². The van der Waals surface area contributed by atoms with E-state index in [1.165, 1.54) is 4.70 Å². The highest BCUT2D eigenvalue weighted by Gasteiger charge is 2.27. The van der Waals surface area contributed by atoms with Crippen LogP contribution in [0.25, 0.3) is 10.2 Å². The highest BCUT2D eigenvalue weighted by molar-refractivity contribution is 7.18. The Hall–Kier alpha value is -2.73. The highest BCUT2D eigenvalue weighted by atomic mass is 32.1. The lowest BCUT2D eigenvalue weighted by Crippen LogP contribution is -2.40. The molecule has 0 spiro atoms. The molecule has 0 aliphatic carbocycles. The Morgan fingerprint density at radius 3 is 2.79 bits per heavy atom. The normalized spacial score (nSPS) is 16.9. The molecule has 2 amide bonds. The Morgan fingerprint density at radius 1 is 1.18 bits per heavy atom.